The van der Waals surface area contributed by atoms with Crippen molar-refractivity contribution in [3.8, 4) is 23.0 Å². The number of benzene rings is 2. The molecule has 1 aromatic heterocycles. The Morgan fingerprint density at radius 3 is 2.33 bits per heavy atom. The van der Waals surface area contributed by atoms with Crippen molar-refractivity contribution in [2.24, 2.45) is 0 Å². The molecule has 0 atom stereocenters. The van der Waals surface area contributed by atoms with Crippen LogP contribution >= 0.6 is 0 Å². The highest BCUT2D eigenvalue weighted by atomic mass is 16.5. The average molecular weight is 323 g/mol. The summed E-state index contributed by atoms with van der Waals surface area (Å²) in [5, 5.41) is 0. The Bertz CT molecular complexity index is 763. The zero-order valence-corrected chi connectivity index (χ0v) is 14.0. The van der Waals surface area contributed by atoms with E-state index in [9.17, 15) is 0 Å². The Balaban J connectivity index is 1.77. The maximum Gasteiger partial charge on any atom is 0.226 e. The van der Waals surface area contributed by atoms with E-state index in [0.29, 0.717) is 12.5 Å². The van der Waals surface area contributed by atoms with Crippen molar-refractivity contribution < 1.29 is 13.9 Å². The van der Waals surface area contributed by atoms with Gasteiger partial charge in [0.15, 0.2) is 0 Å². The third-order valence-corrected chi connectivity index (χ3v) is 3.71. The molecule has 2 aromatic carbocycles. The Hall–Kier alpha value is -2.75. The first-order chi connectivity index (χ1) is 11.8. The summed E-state index contributed by atoms with van der Waals surface area (Å²) in [5.74, 6) is 3.13. The van der Waals surface area contributed by atoms with Gasteiger partial charge in [-0.15, -0.1) is 0 Å². The summed E-state index contributed by atoms with van der Waals surface area (Å²) in [4.78, 5) is 4.63. The van der Waals surface area contributed by atoms with Crippen molar-refractivity contribution in [3.63, 3.8) is 0 Å². The number of rotatable bonds is 7. The summed E-state index contributed by atoms with van der Waals surface area (Å²) in [6, 6.07) is 17.4. The van der Waals surface area contributed by atoms with Gasteiger partial charge in [0.1, 0.15) is 29.6 Å². The molecule has 0 fully saturated rings. The number of aromatic nitrogens is 1. The first-order valence-corrected chi connectivity index (χ1v) is 8.11. The second-order valence-electron chi connectivity index (χ2n) is 5.47. The van der Waals surface area contributed by atoms with Gasteiger partial charge >= 0.3 is 0 Å². The topological polar surface area (TPSA) is 44.5 Å². The second-order valence-corrected chi connectivity index (χ2v) is 5.47. The molecule has 124 valence electrons. The molecular weight excluding hydrogens is 302 g/mol. The number of hydrogen-bond donors (Lipinski definition) is 0. The van der Waals surface area contributed by atoms with E-state index in [1.165, 1.54) is 0 Å². The molecule has 0 N–H and O–H groups in total. The van der Waals surface area contributed by atoms with Gasteiger partial charge in [-0.25, -0.2) is 4.98 Å². The summed E-state index contributed by atoms with van der Waals surface area (Å²) in [6.07, 6.45) is 1.85. The number of nitrogens with zero attached hydrogens (tertiary/aromatic N) is 1. The summed E-state index contributed by atoms with van der Waals surface area (Å²) in [5.41, 5.74) is 1.83. The maximum atomic E-state index is 5.96. The molecular formula is C20H21NO3. The van der Waals surface area contributed by atoms with Gasteiger partial charge in [-0.2, -0.15) is 0 Å². The van der Waals surface area contributed by atoms with Gasteiger partial charge in [0.2, 0.25) is 5.89 Å². The van der Waals surface area contributed by atoms with Gasteiger partial charge < -0.3 is 13.9 Å². The Labute approximate surface area is 142 Å². The summed E-state index contributed by atoms with van der Waals surface area (Å²) in [6.45, 7) is 2.51. The minimum atomic E-state index is 0.387. The zero-order chi connectivity index (χ0) is 16.8. The van der Waals surface area contributed by atoms with Crippen LogP contribution < -0.4 is 9.47 Å². The van der Waals surface area contributed by atoms with Crippen LogP contribution in [0.3, 0.4) is 0 Å². The molecule has 4 nitrogen and oxygen atoms in total. The van der Waals surface area contributed by atoms with Crippen molar-refractivity contribution in [2.45, 2.75) is 26.4 Å². The van der Waals surface area contributed by atoms with Crippen molar-refractivity contribution in [1.82, 2.24) is 4.98 Å². The number of hydrogen-bond acceptors (Lipinski definition) is 4. The predicted molar refractivity (Wildman–Crippen MR) is 93.3 cm³/mol. The largest absolute Gasteiger partial charge is 0.497 e. The van der Waals surface area contributed by atoms with Gasteiger partial charge in [-0.3, -0.25) is 0 Å². The zero-order valence-electron chi connectivity index (χ0n) is 14.0. The van der Waals surface area contributed by atoms with Crippen LogP contribution in [-0.4, -0.2) is 12.1 Å². The van der Waals surface area contributed by atoms with Crippen LogP contribution in [0.15, 0.2) is 59.0 Å². The minimum Gasteiger partial charge on any atom is -0.497 e. The lowest BCUT2D eigenvalue weighted by atomic mass is 10.2. The van der Waals surface area contributed by atoms with E-state index < -0.39 is 0 Å². The van der Waals surface area contributed by atoms with Crippen LogP contribution in [0.1, 0.15) is 24.8 Å². The van der Waals surface area contributed by atoms with Crippen LogP contribution in [0.5, 0.6) is 11.5 Å². The van der Waals surface area contributed by atoms with E-state index in [1.807, 2.05) is 54.6 Å². The molecule has 0 saturated heterocycles. The first-order valence-electron chi connectivity index (χ1n) is 8.11. The van der Waals surface area contributed by atoms with Crippen molar-refractivity contribution in [2.75, 3.05) is 7.11 Å². The van der Waals surface area contributed by atoms with E-state index in [0.717, 1.165) is 41.4 Å². The fraction of sp³-hybridized carbons (Fsp3) is 0.250. The lowest BCUT2D eigenvalue weighted by Crippen LogP contribution is -1.99. The molecule has 0 saturated carbocycles. The van der Waals surface area contributed by atoms with E-state index in [1.54, 1.807) is 7.11 Å². The highest BCUT2D eigenvalue weighted by Gasteiger charge is 2.14. The molecule has 4 heteroatoms. The fourth-order valence-electron chi connectivity index (χ4n) is 2.45. The molecule has 0 aliphatic carbocycles. The van der Waals surface area contributed by atoms with Gasteiger partial charge in [0.05, 0.1) is 7.11 Å². The Morgan fingerprint density at radius 1 is 0.958 bits per heavy atom. The third-order valence-electron chi connectivity index (χ3n) is 3.71. The maximum absolute atomic E-state index is 5.96. The summed E-state index contributed by atoms with van der Waals surface area (Å²) >= 11 is 0. The van der Waals surface area contributed by atoms with Crippen molar-refractivity contribution in [1.29, 1.82) is 0 Å². The quantitative estimate of drug-likeness (QED) is 0.621. The monoisotopic (exact) mass is 323 g/mol. The molecule has 1 heterocycles. The van der Waals surface area contributed by atoms with Gasteiger partial charge in [0.25, 0.3) is 0 Å². The summed E-state index contributed by atoms with van der Waals surface area (Å²) in [7, 11) is 1.65. The lowest BCUT2D eigenvalue weighted by molar-refractivity contribution is 0.297. The highest BCUT2D eigenvalue weighted by Crippen LogP contribution is 2.24. The summed E-state index contributed by atoms with van der Waals surface area (Å²) < 4.78 is 17.0. The van der Waals surface area contributed by atoms with Crippen LogP contribution in [-0.2, 0) is 13.0 Å². The van der Waals surface area contributed by atoms with E-state index in [2.05, 4.69) is 11.9 Å². The molecule has 3 aromatic rings. The second kappa shape index (κ2) is 7.68. The van der Waals surface area contributed by atoms with E-state index in [-0.39, 0.29) is 0 Å². The SMILES string of the molecule is CCCc1oc(-c2ccccc2)nc1COc1ccc(OC)cc1. The van der Waals surface area contributed by atoms with Crippen LogP contribution in [0, 0.1) is 0 Å². The molecule has 0 bridgehead atoms. The molecule has 0 aliphatic heterocycles. The van der Waals surface area contributed by atoms with Gasteiger partial charge in [-0.05, 0) is 42.8 Å². The Kier molecular flexibility index (Phi) is 5.16. The minimum absolute atomic E-state index is 0.387. The van der Waals surface area contributed by atoms with Crippen LogP contribution in [0.4, 0.5) is 0 Å². The van der Waals surface area contributed by atoms with Crippen LogP contribution in [0.2, 0.25) is 0 Å². The lowest BCUT2D eigenvalue weighted by Gasteiger charge is -2.06. The molecule has 0 aliphatic rings. The van der Waals surface area contributed by atoms with Gasteiger partial charge in [0, 0.05) is 12.0 Å². The van der Waals surface area contributed by atoms with Gasteiger partial charge in [-0.1, -0.05) is 25.1 Å². The van der Waals surface area contributed by atoms with Crippen molar-refractivity contribution >= 4 is 0 Å². The third kappa shape index (κ3) is 3.77. The molecule has 0 unspecified atom stereocenters. The molecule has 3 rings (SSSR count). The number of methoxy groups -OCH3 is 1. The number of oxazole rings is 1. The molecule has 0 radical (unpaired) electrons. The molecule has 0 spiro atoms. The Morgan fingerprint density at radius 2 is 1.67 bits per heavy atom. The highest BCUT2D eigenvalue weighted by molar-refractivity contribution is 5.53. The standard InChI is InChI=1S/C20H21NO3/c1-3-7-19-18(14-23-17-12-10-16(22-2)11-13-17)21-20(24-19)15-8-5-4-6-9-15/h4-6,8-13H,3,7,14H2,1-2H3. The predicted octanol–water partition coefficient (Wildman–Crippen LogP) is 4.88. The molecule has 0 amide bonds. The fourth-order valence-corrected chi connectivity index (χ4v) is 2.45. The van der Waals surface area contributed by atoms with E-state index >= 15 is 0 Å². The molecule has 24 heavy (non-hydrogen) atoms. The van der Waals surface area contributed by atoms with Crippen LogP contribution in [0.25, 0.3) is 11.5 Å². The average Bonchev–Trinajstić information content (AvgIpc) is 3.04. The van der Waals surface area contributed by atoms with E-state index in [4.69, 9.17) is 13.9 Å². The number of aryl methyl sites for hydroxylation is 1. The first kappa shape index (κ1) is 16.1. The normalized spacial score (nSPS) is 10.6. The number of ether oxygens (including phenoxy) is 2. The smallest absolute Gasteiger partial charge is 0.226 e. The van der Waals surface area contributed by atoms with Crippen molar-refractivity contribution in [3.05, 3.63) is 66.1 Å².